The van der Waals surface area contributed by atoms with Gasteiger partial charge >= 0.3 is 201 Å². The van der Waals surface area contributed by atoms with Crippen LogP contribution < -0.4 is 15.9 Å². The van der Waals surface area contributed by atoms with Gasteiger partial charge in [0.25, 0.3) is 0 Å². The molecule has 0 aromatic heterocycles. The summed E-state index contributed by atoms with van der Waals surface area (Å²) in [5, 5.41) is 4.34. The van der Waals surface area contributed by atoms with Gasteiger partial charge in [-0.2, -0.15) is 0 Å². The van der Waals surface area contributed by atoms with Gasteiger partial charge in [0, 0.05) is 0 Å². The summed E-state index contributed by atoms with van der Waals surface area (Å²) in [6.45, 7) is 8.79. The molecule has 0 unspecified atom stereocenters. The number of hydrogen-bond acceptors (Lipinski definition) is 0. The summed E-state index contributed by atoms with van der Waals surface area (Å²) in [7, 11) is 0. The van der Waals surface area contributed by atoms with E-state index in [4.69, 9.17) is 0 Å². The van der Waals surface area contributed by atoms with E-state index in [-0.39, 0.29) is 0 Å². The topological polar surface area (TPSA) is 0 Å². The third kappa shape index (κ3) is 4.11. The van der Waals surface area contributed by atoms with Crippen molar-refractivity contribution in [2.75, 3.05) is 0 Å². The molecule has 0 spiro atoms. The van der Waals surface area contributed by atoms with Crippen molar-refractivity contribution in [1.29, 1.82) is 0 Å². The molecule has 4 aromatic carbocycles. The standard InChI is InChI=1S/C29H30IP/c1-22-14-16-26(17-15-22)21-31(30,27-11-5-8-23(2)18-27,28-12-6-9-24(3)19-28)29-13-7-10-25(4)20-29/h5-20H,21H2,1-4H3. The zero-order chi connectivity index (χ0) is 22.1. The number of benzene rings is 4. The number of rotatable bonds is 5. The summed E-state index contributed by atoms with van der Waals surface area (Å²) >= 11 is 2.90. The van der Waals surface area contributed by atoms with Crippen molar-refractivity contribution in [2.24, 2.45) is 0 Å². The van der Waals surface area contributed by atoms with Crippen LogP contribution in [0.4, 0.5) is 0 Å². The quantitative estimate of drug-likeness (QED) is 0.186. The van der Waals surface area contributed by atoms with Crippen molar-refractivity contribution in [3.8, 4) is 0 Å². The van der Waals surface area contributed by atoms with Gasteiger partial charge in [-0.1, -0.05) is 0 Å². The maximum absolute atomic E-state index is 2.90. The average Bonchev–Trinajstić information content (AvgIpc) is 2.75. The van der Waals surface area contributed by atoms with E-state index < -0.39 is 4.25 Å². The zero-order valence-electron chi connectivity index (χ0n) is 18.8. The minimum absolute atomic E-state index is 1.00. The summed E-state index contributed by atoms with van der Waals surface area (Å²) in [5.74, 6) is 0. The van der Waals surface area contributed by atoms with E-state index in [9.17, 15) is 0 Å². The first-order valence-corrected chi connectivity index (χ1v) is 16.0. The molecule has 0 nitrogen and oxygen atoms in total. The molecule has 0 aliphatic heterocycles. The molecule has 4 rings (SSSR count). The minimum atomic E-state index is -2.83. The summed E-state index contributed by atoms with van der Waals surface area (Å²) in [4.78, 5) is 0. The molecule has 0 bridgehead atoms. The van der Waals surface area contributed by atoms with Crippen LogP contribution in [0.5, 0.6) is 0 Å². The predicted octanol–water partition coefficient (Wildman–Crippen LogP) is 7.30. The van der Waals surface area contributed by atoms with Gasteiger partial charge in [-0.3, -0.25) is 0 Å². The average molecular weight is 536 g/mol. The molecule has 0 saturated heterocycles. The molecule has 4 aromatic rings. The van der Waals surface area contributed by atoms with Crippen LogP contribution in [0.25, 0.3) is 0 Å². The predicted molar refractivity (Wildman–Crippen MR) is 148 cm³/mol. The van der Waals surface area contributed by atoms with E-state index in [1.165, 1.54) is 43.7 Å². The first kappa shape index (κ1) is 22.2. The van der Waals surface area contributed by atoms with Crippen LogP contribution in [0.1, 0.15) is 27.8 Å². The van der Waals surface area contributed by atoms with Gasteiger partial charge in [0.05, 0.1) is 0 Å². The van der Waals surface area contributed by atoms with Crippen molar-refractivity contribution in [3.05, 3.63) is 125 Å². The monoisotopic (exact) mass is 536 g/mol. The van der Waals surface area contributed by atoms with E-state index in [0.29, 0.717) is 0 Å². The van der Waals surface area contributed by atoms with Gasteiger partial charge in [0.2, 0.25) is 0 Å². The number of aryl methyl sites for hydroxylation is 4. The van der Waals surface area contributed by atoms with E-state index >= 15 is 0 Å². The molecule has 0 aliphatic carbocycles. The Bertz CT molecular complexity index is 1110. The Morgan fingerprint density at radius 1 is 0.516 bits per heavy atom. The van der Waals surface area contributed by atoms with Gasteiger partial charge in [-0.25, -0.2) is 0 Å². The Morgan fingerprint density at radius 3 is 1.26 bits per heavy atom. The molecule has 0 radical (unpaired) electrons. The van der Waals surface area contributed by atoms with Gasteiger partial charge < -0.3 is 0 Å². The van der Waals surface area contributed by atoms with Crippen molar-refractivity contribution >= 4 is 42.2 Å². The van der Waals surface area contributed by atoms with Crippen LogP contribution in [-0.2, 0) is 6.16 Å². The van der Waals surface area contributed by atoms with E-state index in [0.717, 1.165) is 6.16 Å². The molecule has 158 valence electrons. The van der Waals surface area contributed by atoms with Gasteiger partial charge in [-0.15, -0.1) is 0 Å². The Kier molecular flexibility index (Phi) is 6.12. The third-order valence-corrected chi connectivity index (χ3v) is 17.3. The molecular formula is C29H30IP. The van der Waals surface area contributed by atoms with Crippen LogP contribution in [0.15, 0.2) is 97.1 Å². The van der Waals surface area contributed by atoms with Crippen LogP contribution in [-0.4, -0.2) is 0 Å². The summed E-state index contributed by atoms with van der Waals surface area (Å²) < 4.78 is -2.83. The maximum atomic E-state index is 2.90. The Balaban J connectivity index is 2.14. The summed E-state index contributed by atoms with van der Waals surface area (Å²) in [5.41, 5.74) is 6.63. The van der Waals surface area contributed by atoms with Crippen molar-refractivity contribution in [2.45, 2.75) is 33.9 Å². The van der Waals surface area contributed by atoms with E-state index in [2.05, 4.69) is 147 Å². The zero-order valence-corrected chi connectivity index (χ0v) is 21.8. The molecule has 2 heteroatoms. The van der Waals surface area contributed by atoms with Crippen LogP contribution in [0.2, 0.25) is 0 Å². The SMILES string of the molecule is Cc1ccc(CP(I)(c2cccc(C)c2)(c2cccc(C)c2)c2cccc(C)c2)cc1. The van der Waals surface area contributed by atoms with Crippen molar-refractivity contribution < 1.29 is 0 Å². The van der Waals surface area contributed by atoms with Gasteiger partial charge in [0.1, 0.15) is 0 Å². The van der Waals surface area contributed by atoms with Gasteiger partial charge in [-0.05, 0) is 0 Å². The van der Waals surface area contributed by atoms with Crippen LogP contribution in [0.3, 0.4) is 0 Å². The number of hydrogen-bond donors (Lipinski definition) is 0. The molecular weight excluding hydrogens is 506 g/mol. The second-order valence-corrected chi connectivity index (χ2v) is 19.5. The molecule has 31 heavy (non-hydrogen) atoms. The fraction of sp³-hybridized carbons (Fsp3) is 0.172. The van der Waals surface area contributed by atoms with E-state index in [1.807, 2.05) is 0 Å². The van der Waals surface area contributed by atoms with Crippen molar-refractivity contribution in [1.82, 2.24) is 0 Å². The molecule has 0 aliphatic rings. The Morgan fingerprint density at radius 2 is 0.903 bits per heavy atom. The normalized spacial score (nSPS) is 12.9. The molecule has 0 saturated carbocycles. The molecule has 0 atom stereocenters. The first-order chi connectivity index (χ1) is 14.8. The molecule has 0 heterocycles. The molecule has 0 N–H and O–H groups in total. The Hall–Kier alpha value is -1.96. The summed E-state index contributed by atoms with van der Waals surface area (Å²) in [6.07, 6.45) is 1.00. The fourth-order valence-corrected chi connectivity index (χ4v) is 13.3. The van der Waals surface area contributed by atoms with Crippen LogP contribution >= 0.6 is 26.3 Å². The van der Waals surface area contributed by atoms with Gasteiger partial charge in [0.15, 0.2) is 0 Å². The Labute approximate surface area is 200 Å². The first-order valence-electron chi connectivity index (χ1n) is 10.8. The van der Waals surface area contributed by atoms with E-state index in [1.54, 1.807) is 0 Å². The fourth-order valence-electron chi connectivity index (χ4n) is 4.51. The van der Waals surface area contributed by atoms with Crippen LogP contribution in [0, 0.1) is 27.7 Å². The second kappa shape index (κ2) is 8.52. The summed E-state index contributed by atoms with van der Waals surface area (Å²) in [6, 6.07) is 36.8. The molecule has 0 fully saturated rings. The third-order valence-electron chi connectivity index (χ3n) is 6.22. The number of halogens is 1. The molecule has 0 amide bonds. The van der Waals surface area contributed by atoms with Crippen molar-refractivity contribution in [3.63, 3.8) is 0 Å². The second-order valence-electron chi connectivity index (χ2n) is 8.84.